The van der Waals surface area contributed by atoms with E-state index in [2.05, 4.69) is 0 Å². The van der Waals surface area contributed by atoms with E-state index in [1.54, 1.807) is 11.0 Å². The summed E-state index contributed by atoms with van der Waals surface area (Å²) in [5, 5.41) is 10.4. The third-order valence-electron chi connectivity index (χ3n) is 4.46. The Morgan fingerprint density at radius 1 is 1.12 bits per heavy atom. The van der Waals surface area contributed by atoms with Crippen molar-refractivity contribution in [3.63, 3.8) is 0 Å². The smallest absolute Gasteiger partial charge is 0.342 e. The Kier molecular flexibility index (Phi) is 5.86. The molecule has 1 aromatic carbocycles. The second-order valence-corrected chi connectivity index (χ2v) is 6.98. The van der Waals surface area contributed by atoms with Gasteiger partial charge in [-0.2, -0.15) is 0 Å². The van der Waals surface area contributed by atoms with E-state index in [0.29, 0.717) is 0 Å². The summed E-state index contributed by atoms with van der Waals surface area (Å²) in [6.45, 7) is 9.16. The van der Waals surface area contributed by atoms with E-state index in [9.17, 15) is 14.7 Å². The fraction of sp³-hybridized carbons (Fsp3) is 0.579. The zero-order chi connectivity index (χ0) is 17.9. The van der Waals surface area contributed by atoms with Crippen molar-refractivity contribution in [1.29, 1.82) is 0 Å². The van der Waals surface area contributed by atoms with E-state index in [4.69, 9.17) is 4.74 Å². The normalized spacial score (nSPS) is 14.5. The number of ether oxygens (including phenoxy) is 1. The second kappa shape index (κ2) is 7.69. The molecular weight excluding hydrogens is 306 g/mol. The molecule has 1 aliphatic rings. The van der Waals surface area contributed by atoms with Crippen LogP contribution in [0.3, 0.4) is 0 Å². The number of aromatic hydroxyl groups is 1. The third kappa shape index (κ3) is 4.08. The van der Waals surface area contributed by atoms with Crippen LogP contribution < -0.4 is 0 Å². The Morgan fingerprint density at radius 2 is 1.75 bits per heavy atom. The van der Waals surface area contributed by atoms with Crippen molar-refractivity contribution < 1.29 is 19.4 Å². The molecule has 0 aromatic heterocycles. The Balaban J connectivity index is 2.16. The van der Waals surface area contributed by atoms with Gasteiger partial charge in [-0.1, -0.05) is 33.8 Å². The van der Waals surface area contributed by atoms with Gasteiger partial charge in [-0.05, 0) is 41.9 Å². The fourth-order valence-corrected chi connectivity index (χ4v) is 2.87. The van der Waals surface area contributed by atoms with E-state index in [-0.39, 0.29) is 35.7 Å². The average Bonchev–Trinajstić information content (AvgIpc) is 3.06. The Morgan fingerprint density at radius 3 is 2.29 bits per heavy atom. The molecular formula is C19H27NO4. The number of phenols is 1. The monoisotopic (exact) mass is 333 g/mol. The van der Waals surface area contributed by atoms with Gasteiger partial charge in [0, 0.05) is 13.1 Å². The van der Waals surface area contributed by atoms with Crippen molar-refractivity contribution in [2.24, 2.45) is 0 Å². The summed E-state index contributed by atoms with van der Waals surface area (Å²) in [6, 6.07) is 3.59. The maximum absolute atomic E-state index is 12.4. The summed E-state index contributed by atoms with van der Waals surface area (Å²) < 4.78 is 5.16. The lowest BCUT2D eigenvalue weighted by molar-refractivity contribution is -0.133. The van der Waals surface area contributed by atoms with Crippen molar-refractivity contribution in [2.75, 3.05) is 19.7 Å². The van der Waals surface area contributed by atoms with Gasteiger partial charge in [-0.15, -0.1) is 0 Å². The van der Waals surface area contributed by atoms with Gasteiger partial charge in [0.15, 0.2) is 6.61 Å². The molecule has 1 saturated heterocycles. The number of benzene rings is 1. The topological polar surface area (TPSA) is 66.8 Å². The van der Waals surface area contributed by atoms with E-state index in [1.165, 1.54) is 0 Å². The highest BCUT2D eigenvalue weighted by molar-refractivity contribution is 5.94. The predicted octanol–water partition coefficient (Wildman–Crippen LogP) is 3.42. The zero-order valence-electron chi connectivity index (χ0n) is 15.0. The summed E-state index contributed by atoms with van der Waals surface area (Å²) >= 11 is 0. The standard InChI is InChI=1S/C19H27NO4/c1-12(2)14-9-15(13(3)4)18(22)16(10-14)19(23)24-11-17(21)20-7-5-6-8-20/h9-10,12-13,22H,5-8,11H2,1-4H3. The Labute approximate surface area is 143 Å². The minimum Gasteiger partial charge on any atom is -0.507 e. The highest BCUT2D eigenvalue weighted by Crippen LogP contribution is 2.33. The molecule has 0 unspecified atom stereocenters. The summed E-state index contributed by atoms with van der Waals surface area (Å²) in [5.41, 5.74) is 1.83. The first-order valence-corrected chi connectivity index (χ1v) is 8.63. The quantitative estimate of drug-likeness (QED) is 0.839. The van der Waals surface area contributed by atoms with Crippen molar-refractivity contribution in [3.05, 3.63) is 28.8 Å². The average molecular weight is 333 g/mol. The number of nitrogens with zero attached hydrogens (tertiary/aromatic N) is 1. The lowest BCUT2D eigenvalue weighted by Crippen LogP contribution is -2.32. The number of hydrogen-bond donors (Lipinski definition) is 1. The van der Waals surface area contributed by atoms with Crippen LogP contribution in [0.1, 0.15) is 73.9 Å². The van der Waals surface area contributed by atoms with E-state index < -0.39 is 5.97 Å². The minimum atomic E-state index is -0.649. The molecule has 0 aliphatic carbocycles. The molecule has 24 heavy (non-hydrogen) atoms. The van der Waals surface area contributed by atoms with Crippen LogP contribution in [0.15, 0.2) is 12.1 Å². The van der Waals surface area contributed by atoms with Crippen molar-refractivity contribution >= 4 is 11.9 Å². The van der Waals surface area contributed by atoms with Crippen LogP contribution in [0.4, 0.5) is 0 Å². The van der Waals surface area contributed by atoms with Gasteiger partial charge in [0.1, 0.15) is 11.3 Å². The first-order valence-electron chi connectivity index (χ1n) is 8.63. The molecule has 5 heteroatoms. The molecule has 0 saturated carbocycles. The fourth-order valence-electron chi connectivity index (χ4n) is 2.87. The maximum Gasteiger partial charge on any atom is 0.342 e. The number of phenolic OH excluding ortho intramolecular Hbond substituents is 1. The molecule has 0 bridgehead atoms. The first-order chi connectivity index (χ1) is 11.3. The van der Waals surface area contributed by atoms with Gasteiger partial charge >= 0.3 is 5.97 Å². The molecule has 132 valence electrons. The van der Waals surface area contributed by atoms with Crippen LogP contribution in [0.25, 0.3) is 0 Å². The van der Waals surface area contributed by atoms with Gasteiger partial charge in [0.25, 0.3) is 5.91 Å². The van der Waals surface area contributed by atoms with Crippen LogP contribution in [0.5, 0.6) is 5.75 Å². The van der Waals surface area contributed by atoms with Crippen molar-refractivity contribution in [3.8, 4) is 5.75 Å². The molecule has 1 N–H and O–H groups in total. The molecule has 1 aromatic rings. The Bertz CT molecular complexity index is 616. The predicted molar refractivity (Wildman–Crippen MR) is 92.4 cm³/mol. The van der Waals surface area contributed by atoms with Crippen LogP contribution >= 0.6 is 0 Å². The van der Waals surface area contributed by atoms with Crippen LogP contribution in [-0.2, 0) is 9.53 Å². The van der Waals surface area contributed by atoms with Gasteiger partial charge in [0.2, 0.25) is 0 Å². The highest BCUT2D eigenvalue weighted by Gasteiger charge is 2.23. The first kappa shape index (κ1) is 18.3. The van der Waals surface area contributed by atoms with Gasteiger partial charge < -0.3 is 14.7 Å². The number of amides is 1. The SMILES string of the molecule is CC(C)c1cc(C(=O)OCC(=O)N2CCCC2)c(O)c(C(C)C)c1. The molecule has 0 spiro atoms. The molecule has 1 heterocycles. The number of likely N-dealkylation sites (tertiary alicyclic amines) is 1. The van der Waals surface area contributed by atoms with E-state index >= 15 is 0 Å². The summed E-state index contributed by atoms with van der Waals surface area (Å²) in [4.78, 5) is 26.1. The lowest BCUT2D eigenvalue weighted by Gasteiger charge is -2.18. The molecule has 0 radical (unpaired) electrons. The molecule has 5 nitrogen and oxygen atoms in total. The number of carbonyl (C=O) groups excluding carboxylic acids is 2. The molecule has 1 fully saturated rings. The number of hydrogen-bond acceptors (Lipinski definition) is 4. The molecule has 1 amide bonds. The van der Waals surface area contributed by atoms with Gasteiger partial charge in [0.05, 0.1) is 0 Å². The van der Waals surface area contributed by atoms with Crippen LogP contribution in [-0.4, -0.2) is 41.6 Å². The van der Waals surface area contributed by atoms with Crippen molar-refractivity contribution in [1.82, 2.24) is 4.90 Å². The Hall–Kier alpha value is -2.04. The van der Waals surface area contributed by atoms with Gasteiger partial charge in [-0.3, -0.25) is 4.79 Å². The number of rotatable bonds is 5. The van der Waals surface area contributed by atoms with Gasteiger partial charge in [-0.25, -0.2) is 4.79 Å². The second-order valence-electron chi connectivity index (χ2n) is 6.98. The summed E-state index contributed by atoms with van der Waals surface area (Å²) in [7, 11) is 0. The van der Waals surface area contributed by atoms with E-state index in [1.807, 2.05) is 33.8 Å². The molecule has 0 atom stereocenters. The lowest BCUT2D eigenvalue weighted by atomic mass is 9.92. The van der Waals surface area contributed by atoms with Crippen molar-refractivity contribution in [2.45, 2.75) is 52.4 Å². The summed E-state index contributed by atoms with van der Waals surface area (Å²) in [6.07, 6.45) is 1.99. The maximum atomic E-state index is 12.4. The molecule has 2 rings (SSSR count). The van der Waals surface area contributed by atoms with Crippen LogP contribution in [0, 0.1) is 0 Å². The minimum absolute atomic E-state index is 0.0481. The number of esters is 1. The van der Waals surface area contributed by atoms with E-state index in [0.717, 1.165) is 37.1 Å². The summed E-state index contributed by atoms with van der Waals surface area (Å²) in [5.74, 6) is -0.565. The van der Waals surface area contributed by atoms with Crippen LogP contribution in [0.2, 0.25) is 0 Å². The highest BCUT2D eigenvalue weighted by atomic mass is 16.5. The number of carbonyl (C=O) groups is 2. The largest absolute Gasteiger partial charge is 0.507 e. The zero-order valence-corrected chi connectivity index (χ0v) is 15.0. The molecule has 1 aliphatic heterocycles. The third-order valence-corrected chi connectivity index (χ3v) is 4.46.